The lowest BCUT2D eigenvalue weighted by atomic mass is 10.1. The van der Waals surface area contributed by atoms with Gasteiger partial charge in [-0.3, -0.25) is 4.79 Å². The normalized spacial score (nSPS) is 11.2. The molecule has 0 aliphatic heterocycles. The molecule has 1 rings (SSSR count). The first-order chi connectivity index (χ1) is 7.50. The highest BCUT2D eigenvalue weighted by atomic mass is 19.1. The maximum Gasteiger partial charge on any atom is 0.332 e. The Labute approximate surface area is 90.6 Å². The predicted molar refractivity (Wildman–Crippen MR) is 54.3 cm³/mol. The van der Waals surface area contributed by atoms with E-state index in [4.69, 9.17) is 10.2 Å². The molecule has 0 aromatic heterocycles. The van der Waals surface area contributed by atoms with E-state index in [1.807, 2.05) is 0 Å². The smallest absolute Gasteiger partial charge is 0.332 e. The maximum atomic E-state index is 13.2. The molecule has 0 radical (unpaired) electrons. The van der Waals surface area contributed by atoms with Gasteiger partial charge >= 0.3 is 11.9 Å². The third kappa shape index (κ3) is 3.20. The van der Waals surface area contributed by atoms with Gasteiger partial charge in [-0.05, 0) is 12.1 Å². The quantitative estimate of drug-likeness (QED) is 0.764. The number of benzene rings is 1. The lowest BCUT2D eigenvalue weighted by molar-refractivity contribution is -0.139. The highest BCUT2D eigenvalue weighted by Crippen LogP contribution is 2.13. The molecule has 0 aliphatic rings. The van der Waals surface area contributed by atoms with Crippen LogP contribution in [-0.2, 0) is 9.59 Å². The Morgan fingerprint density at radius 2 is 1.88 bits per heavy atom. The highest BCUT2D eigenvalue weighted by Gasteiger charge is 2.12. The third-order valence-electron chi connectivity index (χ3n) is 1.85. The van der Waals surface area contributed by atoms with E-state index >= 15 is 0 Å². The standard InChI is InChI=1S/C11H9FO4/c12-9-4-2-1-3-7(9)5-8(11(15)16)6-10(13)14/h1-5H,6H2,(H,13,14)(H,15,16)/b8-5+. The maximum absolute atomic E-state index is 13.2. The molecule has 0 heterocycles. The van der Waals surface area contributed by atoms with Gasteiger partial charge in [0, 0.05) is 11.1 Å². The van der Waals surface area contributed by atoms with Crippen LogP contribution in [0.3, 0.4) is 0 Å². The van der Waals surface area contributed by atoms with Crippen LogP contribution in [0, 0.1) is 5.82 Å². The lowest BCUT2D eigenvalue weighted by Gasteiger charge is -2.00. The van der Waals surface area contributed by atoms with E-state index in [1.54, 1.807) is 0 Å². The van der Waals surface area contributed by atoms with Gasteiger partial charge in [0.25, 0.3) is 0 Å². The second-order valence-electron chi connectivity index (χ2n) is 3.07. The van der Waals surface area contributed by atoms with Gasteiger partial charge in [0.15, 0.2) is 0 Å². The zero-order valence-corrected chi connectivity index (χ0v) is 8.18. The molecule has 0 spiro atoms. The minimum absolute atomic E-state index is 0.0566. The van der Waals surface area contributed by atoms with Crippen molar-refractivity contribution < 1.29 is 24.2 Å². The summed E-state index contributed by atoms with van der Waals surface area (Å²) >= 11 is 0. The van der Waals surface area contributed by atoms with Crippen LogP contribution in [-0.4, -0.2) is 22.2 Å². The fourth-order valence-electron chi connectivity index (χ4n) is 1.13. The van der Waals surface area contributed by atoms with Crippen molar-refractivity contribution in [3.63, 3.8) is 0 Å². The summed E-state index contributed by atoms with van der Waals surface area (Å²) in [4.78, 5) is 21.1. The van der Waals surface area contributed by atoms with Gasteiger partial charge in [-0.15, -0.1) is 0 Å². The molecule has 1 aromatic rings. The number of carboxylic acids is 2. The molecular weight excluding hydrogens is 215 g/mol. The fraction of sp³-hybridized carbons (Fsp3) is 0.0909. The molecule has 0 fully saturated rings. The topological polar surface area (TPSA) is 74.6 Å². The molecule has 0 bridgehead atoms. The summed E-state index contributed by atoms with van der Waals surface area (Å²) in [6.07, 6.45) is 0.370. The zero-order chi connectivity index (χ0) is 12.1. The number of aliphatic carboxylic acids is 2. The Balaban J connectivity index is 3.07. The molecule has 0 saturated heterocycles. The van der Waals surface area contributed by atoms with Crippen molar-refractivity contribution in [3.05, 3.63) is 41.2 Å². The predicted octanol–water partition coefficient (Wildman–Crippen LogP) is 1.77. The van der Waals surface area contributed by atoms with Crippen LogP contribution >= 0.6 is 0 Å². The van der Waals surface area contributed by atoms with E-state index in [9.17, 15) is 14.0 Å². The molecule has 5 heteroatoms. The van der Waals surface area contributed by atoms with Crippen LogP contribution in [0.5, 0.6) is 0 Å². The Morgan fingerprint density at radius 1 is 1.25 bits per heavy atom. The van der Waals surface area contributed by atoms with Crippen LogP contribution in [0.25, 0.3) is 6.08 Å². The van der Waals surface area contributed by atoms with Crippen LogP contribution in [0.1, 0.15) is 12.0 Å². The van der Waals surface area contributed by atoms with Crippen molar-refractivity contribution in [1.29, 1.82) is 0 Å². The molecule has 0 aliphatic carbocycles. The number of hydrogen-bond acceptors (Lipinski definition) is 2. The summed E-state index contributed by atoms with van der Waals surface area (Å²) in [5.74, 6) is -3.23. The second kappa shape index (κ2) is 5.06. The Hall–Kier alpha value is -2.17. The minimum atomic E-state index is -1.37. The SMILES string of the molecule is O=C(O)C/C(=C\c1ccccc1F)C(=O)O. The highest BCUT2D eigenvalue weighted by molar-refractivity contribution is 5.96. The van der Waals surface area contributed by atoms with Crippen molar-refractivity contribution in [2.24, 2.45) is 0 Å². The second-order valence-corrected chi connectivity index (χ2v) is 3.07. The van der Waals surface area contributed by atoms with Gasteiger partial charge in [-0.2, -0.15) is 0 Å². The molecule has 0 atom stereocenters. The molecule has 16 heavy (non-hydrogen) atoms. The fourth-order valence-corrected chi connectivity index (χ4v) is 1.13. The van der Waals surface area contributed by atoms with Crippen molar-refractivity contribution in [2.75, 3.05) is 0 Å². The molecule has 0 saturated carbocycles. The number of halogens is 1. The molecule has 0 unspecified atom stereocenters. The van der Waals surface area contributed by atoms with Crippen LogP contribution < -0.4 is 0 Å². The summed E-state index contributed by atoms with van der Waals surface area (Å²) < 4.78 is 13.2. The average Bonchev–Trinajstić information content (AvgIpc) is 2.19. The first kappa shape index (κ1) is 11.9. The first-order valence-electron chi connectivity index (χ1n) is 4.41. The van der Waals surface area contributed by atoms with Gasteiger partial charge in [0.2, 0.25) is 0 Å². The third-order valence-corrected chi connectivity index (χ3v) is 1.85. The largest absolute Gasteiger partial charge is 0.481 e. The average molecular weight is 224 g/mol. The van der Waals surface area contributed by atoms with E-state index < -0.39 is 24.2 Å². The molecule has 84 valence electrons. The van der Waals surface area contributed by atoms with Crippen LogP contribution in [0.15, 0.2) is 29.8 Å². The summed E-state index contributed by atoms with van der Waals surface area (Å²) in [7, 11) is 0. The lowest BCUT2D eigenvalue weighted by Crippen LogP contribution is -2.06. The zero-order valence-electron chi connectivity index (χ0n) is 8.18. The van der Waals surface area contributed by atoms with Gasteiger partial charge in [0.1, 0.15) is 5.82 Å². The number of carbonyl (C=O) groups is 2. The summed E-state index contributed by atoms with van der Waals surface area (Å²) in [5.41, 5.74) is -0.307. The van der Waals surface area contributed by atoms with Crippen LogP contribution in [0.4, 0.5) is 4.39 Å². The summed E-state index contributed by atoms with van der Waals surface area (Å²) in [5, 5.41) is 17.2. The van der Waals surface area contributed by atoms with Gasteiger partial charge in [0.05, 0.1) is 6.42 Å². The molecule has 1 aromatic carbocycles. The van der Waals surface area contributed by atoms with Crippen LogP contribution in [0.2, 0.25) is 0 Å². The van der Waals surface area contributed by atoms with E-state index in [2.05, 4.69) is 0 Å². The summed E-state index contributed by atoms with van der Waals surface area (Å²) in [6, 6.07) is 5.55. The Morgan fingerprint density at radius 3 is 2.38 bits per heavy atom. The van der Waals surface area contributed by atoms with Crippen molar-refractivity contribution in [2.45, 2.75) is 6.42 Å². The molecule has 0 amide bonds. The van der Waals surface area contributed by atoms with E-state index in [0.29, 0.717) is 0 Å². The van der Waals surface area contributed by atoms with Gasteiger partial charge < -0.3 is 10.2 Å². The van der Waals surface area contributed by atoms with Crippen molar-refractivity contribution >= 4 is 18.0 Å². The number of rotatable bonds is 4. The Kier molecular flexibility index (Phi) is 3.77. The molecular formula is C11H9FO4. The minimum Gasteiger partial charge on any atom is -0.481 e. The monoisotopic (exact) mass is 224 g/mol. The van der Waals surface area contributed by atoms with Gasteiger partial charge in [-0.25, -0.2) is 9.18 Å². The van der Waals surface area contributed by atoms with Crippen molar-refractivity contribution in [1.82, 2.24) is 0 Å². The van der Waals surface area contributed by atoms with E-state index in [1.165, 1.54) is 24.3 Å². The van der Waals surface area contributed by atoms with E-state index in [-0.39, 0.29) is 11.1 Å². The van der Waals surface area contributed by atoms with Gasteiger partial charge in [-0.1, -0.05) is 18.2 Å². The first-order valence-corrected chi connectivity index (χ1v) is 4.41. The number of carboxylic acid groups (broad SMARTS) is 2. The van der Waals surface area contributed by atoms with E-state index in [0.717, 1.165) is 6.08 Å². The molecule has 2 N–H and O–H groups in total. The Bertz CT molecular complexity index is 451. The van der Waals surface area contributed by atoms with Crippen molar-refractivity contribution in [3.8, 4) is 0 Å². The number of hydrogen-bond donors (Lipinski definition) is 2. The summed E-state index contributed by atoms with van der Waals surface area (Å²) in [6.45, 7) is 0. The molecule has 4 nitrogen and oxygen atoms in total.